The number of nitrogens with one attached hydrogen (secondary N) is 2. The van der Waals surface area contributed by atoms with E-state index in [1.165, 1.54) is 0 Å². The Morgan fingerprint density at radius 3 is 2.54 bits per heavy atom. The summed E-state index contributed by atoms with van der Waals surface area (Å²) in [4.78, 5) is 3.00. The van der Waals surface area contributed by atoms with Crippen molar-refractivity contribution in [1.29, 1.82) is 0 Å². The predicted molar refractivity (Wildman–Crippen MR) is 86.7 cm³/mol. The first-order valence-corrected chi connectivity index (χ1v) is 9.23. The Morgan fingerprint density at radius 1 is 1.21 bits per heavy atom. The second kappa shape index (κ2) is 7.08. The van der Waals surface area contributed by atoms with Gasteiger partial charge in [-0.3, -0.25) is 0 Å². The van der Waals surface area contributed by atoms with Gasteiger partial charge in [-0.1, -0.05) is 23.5 Å². The molecule has 132 valence electrons. The normalized spacial score (nSPS) is 12.4. The van der Waals surface area contributed by atoms with Crippen molar-refractivity contribution in [2.24, 2.45) is 0 Å². The maximum Gasteiger partial charge on any atom is 0.427 e. The number of sulfonamides is 1. The van der Waals surface area contributed by atoms with Crippen LogP contribution in [0.1, 0.15) is 16.0 Å². The SMILES string of the molecule is Cc1ccc(C)c(S(=O)(=O)NCCNc2ncc(C(F)(F)F)s2)c1. The lowest BCUT2D eigenvalue weighted by molar-refractivity contribution is -0.134. The number of rotatable bonds is 6. The summed E-state index contributed by atoms with van der Waals surface area (Å²) in [5.41, 5.74) is 1.44. The molecule has 0 saturated carbocycles. The Labute approximate surface area is 142 Å². The van der Waals surface area contributed by atoms with Crippen molar-refractivity contribution in [2.75, 3.05) is 18.4 Å². The Kier molecular flexibility index (Phi) is 5.51. The van der Waals surface area contributed by atoms with Gasteiger partial charge in [-0.05, 0) is 31.0 Å². The Morgan fingerprint density at radius 2 is 1.92 bits per heavy atom. The molecule has 0 aliphatic heterocycles. The molecule has 24 heavy (non-hydrogen) atoms. The van der Waals surface area contributed by atoms with Gasteiger partial charge in [-0.2, -0.15) is 13.2 Å². The molecule has 5 nitrogen and oxygen atoms in total. The van der Waals surface area contributed by atoms with E-state index in [1.807, 2.05) is 6.07 Å². The van der Waals surface area contributed by atoms with E-state index in [4.69, 9.17) is 0 Å². The van der Waals surface area contributed by atoms with Crippen molar-refractivity contribution in [2.45, 2.75) is 24.9 Å². The van der Waals surface area contributed by atoms with Crippen LogP contribution in [-0.4, -0.2) is 26.5 Å². The van der Waals surface area contributed by atoms with Crippen LogP contribution in [0, 0.1) is 13.8 Å². The average Bonchev–Trinajstić information content (AvgIpc) is 2.95. The number of aromatic nitrogens is 1. The van der Waals surface area contributed by atoms with E-state index in [2.05, 4.69) is 15.0 Å². The minimum absolute atomic E-state index is 0.0245. The zero-order chi connectivity index (χ0) is 18.0. The first kappa shape index (κ1) is 18.7. The van der Waals surface area contributed by atoms with Gasteiger partial charge in [0.1, 0.15) is 4.88 Å². The van der Waals surface area contributed by atoms with E-state index < -0.39 is 21.1 Å². The number of alkyl halides is 3. The lowest BCUT2D eigenvalue weighted by atomic mass is 10.2. The summed E-state index contributed by atoms with van der Waals surface area (Å²) in [6.45, 7) is 3.63. The first-order valence-electron chi connectivity index (χ1n) is 6.93. The molecule has 0 saturated heterocycles. The number of aryl methyl sites for hydroxylation is 2. The van der Waals surface area contributed by atoms with Crippen LogP contribution in [0.25, 0.3) is 0 Å². The summed E-state index contributed by atoms with van der Waals surface area (Å²) < 4.78 is 64.3. The fourth-order valence-corrected chi connectivity index (χ4v) is 3.98. The lowest BCUT2D eigenvalue weighted by Crippen LogP contribution is -2.29. The van der Waals surface area contributed by atoms with Crippen molar-refractivity contribution >= 4 is 26.5 Å². The van der Waals surface area contributed by atoms with E-state index in [0.717, 1.165) is 11.8 Å². The minimum atomic E-state index is -4.43. The molecule has 0 radical (unpaired) electrons. The van der Waals surface area contributed by atoms with Gasteiger partial charge in [0, 0.05) is 13.1 Å². The maximum atomic E-state index is 12.5. The molecule has 1 heterocycles. The van der Waals surface area contributed by atoms with E-state index in [9.17, 15) is 21.6 Å². The number of hydrogen-bond donors (Lipinski definition) is 2. The molecule has 0 aliphatic rings. The molecule has 0 spiro atoms. The highest BCUT2D eigenvalue weighted by Crippen LogP contribution is 2.34. The van der Waals surface area contributed by atoms with Crippen LogP contribution in [0.3, 0.4) is 0 Å². The van der Waals surface area contributed by atoms with Crippen LogP contribution in [0.4, 0.5) is 18.3 Å². The third-order valence-corrected chi connectivity index (χ3v) is 5.71. The van der Waals surface area contributed by atoms with E-state index in [1.54, 1.807) is 26.0 Å². The van der Waals surface area contributed by atoms with Crippen LogP contribution in [0.15, 0.2) is 29.3 Å². The second-order valence-electron chi connectivity index (χ2n) is 5.12. The zero-order valence-corrected chi connectivity index (χ0v) is 14.6. The van der Waals surface area contributed by atoms with Crippen molar-refractivity contribution in [3.63, 3.8) is 0 Å². The number of halogens is 3. The highest BCUT2D eigenvalue weighted by molar-refractivity contribution is 7.89. The number of hydrogen-bond acceptors (Lipinski definition) is 5. The van der Waals surface area contributed by atoms with E-state index in [-0.39, 0.29) is 23.1 Å². The van der Waals surface area contributed by atoms with Crippen LogP contribution < -0.4 is 10.0 Å². The van der Waals surface area contributed by atoms with Gasteiger partial charge in [0.05, 0.1) is 11.1 Å². The van der Waals surface area contributed by atoms with Crippen LogP contribution in [-0.2, 0) is 16.2 Å². The quantitative estimate of drug-likeness (QED) is 0.757. The highest BCUT2D eigenvalue weighted by Gasteiger charge is 2.33. The molecule has 2 rings (SSSR count). The summed E-state index contributed by atoms with van der Waals surface area (Å²) in [6.07, 6.45) is -3.69. The number of nitrogens with zero attached hydrogens (tertiary/aromatic N) is 1. The highest BCUT2D eigenvalue weighted by atomic mass is 32.2. The van der Waals surface area contributed by atoms with Gasteiger partial charge in [0.15, 0.2) is 5.13 Å². The largest absolute Gasteiger partial charge is 0.427 e. The van der Waals surface area contributed by atoms with Crippen molar-refractivity contribution in [3.05, 3.63) is 40.4 Å². The van der Waals surface area contributed by atoms with Crippen molar-refractivity contribution in [1.82, 2.24) is 9.71 Å². The number of benzene rings is 1. The summed E-state index contributed by atoms with van der Waals surface area (Å²) in [5, 5.41) is 2.76. The molecule has 0 aliphatic carbocycles. The molecule has 0 atom stereocenters. The third kappa shape index (κ3) is 4.68. The molecule has 10 heteroatoms. The summed E-state index contributed by atoms with van der Waals surface area (Å²) in [6, 6.07) is 5.11. The van der Waals surface area contributed by atoms with E-state index >= 15 is 0 Å². The summed E-state index contributed by atoms with van der Waals surface area (Å²) in [5.74, 6) is 0. The molecule has 0 bridgehead atoms. The molecular weight excluding hydrogens is 363 g/mol. The minimum Gasteiger partial charge on any atom is -0.360 e. The average molecular weight is 379 g/mol. The fraction of sp³-hybridized carbons (Fsp3) is 0.357. The standard InChI is InChI=1S/C14H16F3N3O2S2/c1-9-3-4-10(2)11(7-9)24(21,22)20-6-5-18-13-19-8-12(23-13)14(15,16)17/h3-4,7-8,20H,5-6H2,1-2H3,(H,18,19). The van der Waals surface area contributed by atoms with Gasteiger partial charge in [-0.15, -0.1) is 0 Å². The Hall–Kier alpha value is -1.65. The second-order valence-corrected chi connectivity index (χ2v) is 7.89. The molecular formula is C14H16F3N3O2S2. The smallest absolute Gasteiger partial charge is 0.360 e. The fourth-order valence-electron chi connectivity index (χ4n) is 1.92. The Balaban J connectivity index is 1.92. The van der Waals surface area contributed by atoms with E-state index in [0.29, 0.717) is 16.9 Å². The first-order chi connectivity index (χ1) is 11.1. The summed E-state index contributed by atoms with van der Waals surface area (Å²) in [7, 11) is -3.67. The Bertz CT molecular complexity index is 817. The third-order valence-electron chi connectivity index (χ3n) is 3.11. The van der Waals surface area contributed by atoms with Gasteiger partial charge in [-0.25, -0.2) is 18.1 Å². The van der Waals surface area contributed by atoms with Crippen molar-refractivity contribution in [3.8, 4) is 0 Å². The van der Waals surface area contributed by atoms with Gasteiger partial charge < -0.3 is 5.32 Å². The van der Waals surface area contributed by atoms with Gasteiger partial charge in [0.2, 0.25) is 10.0 Å². The zero-order valence-electron chi connectivity index (χ0n) is 12.9. The molecule has 0 amide bonds. The molecule has 0 unspecified atom stereocenters. The predicted octanol–water partition coefficient (Wildman–Crippen LogP) is 3.17. The monoisotopic (exact) mass is 379 g/mol. The molecule has 2 aromatic rings. The van der Waals surface area contributed by atoms with Crippen LogP contribution in [0.2, 0.25) is 0 Å². The number of anilines is 1. The van der Waals surface area contributed by atoms with Gasteiger partial charge >= 0.3 is 6.18 Å². The van der Waals surface area contributed by atoms with Crippen molar-refractivity contribution < 1.29 is 21.6 Å². The van der Waals surface area contributed by atoms with Crippen LogP contribution >= 0.6 is 11.3 Å². The summed E-state index contributed by atoms with van der Waals surface area (Å²) >= 11 is 0.474. The topological polar surface area (TPSA) is 71.1 Å². The lowest BCUT2D eigenvalue weighted by Gasteiger charge is -2.10. The van der Waals surface area contributed by atoms with Crippen LogP contribution in [0.5, 0.6) is 0 Å². The maximum absolute atomic E-state index is 12.5. The van der Waals surface area contributed by atoms with Gasteiger partial charge in [0.25, 0.3) is 0 Å². The molecule has 2 N–H and O–H groups in total. The molecule has 0 fully saturated rings. The molecule has 1 aromatic heterocycles. The number of thiazole rings is 1. The molecule has 1 aromatic carbocycles.